The summed E-state index contributed by atoms with van der Waals surface area (Å²) in [4.78, 5) is 69.5. The number of primary amides is 1. The first-order valence-corrected chi connectivity index (χ1v) is 16.5. The SMILES string of the molecule is CO[C@H]1/C=C\C=C(/C)C(=O)NC2=CC(=O)C(NCCCOP(=O)(O)O)=C(C[C@@H](C)C[C@H](OC)[C@H](O)[C@@H](C)/C=C(\C)[C@@H]1OC(N)=O)C2=O. The highest BCUT2D eigenvalue weighted by atomic mass is 31.2. The predicted octanol–water partition coefficient (Wildman–Crippen LogP) is 1.85. The van der Waals surface area contributed by atoms with Crippen LogP contribution in [-0.4, -0.2) is 90.2 Å². The summed E-state index contributed by atoms with van der Waals surface area (Å²) in [6, 6.07) is 0. The van der Waals surface area contributed by atoms with Crippen molar-refractivity contribution < 1.29 is 57.4 Å². The molecule has 1 aliphatic carbocycles. The van der Waals surface area contributed by atoms with Gasteiger partial charge >= 0.3 is 13.9 Å². The summed E-state index contributed by atoms with van der Waals surface area (Å²) in [7, 11) is -1.82. The van der Waals surface area contributed by atoms with Gasteiger partial charge in [0, 0.05) is 43.9 Å². The van der Waals surface area contributed by atoms with Gasteiger partial charge < -0.3 is 45.5 Å². The van der Waals surface area contributed by atoms with E-state index in [-0.39, 0.29) is 60.9 Å². The number of allylic oxidation sites excluding steroid dienone is 4. The minimum atomic E-state index is -4.67. The fourth-order valence-corrected chi connectivity index (χ4v) is 5.61. The van der Waals surface area contributed by atoms with Crippen LogP contribution < -0.4 is 16.4 Å². The molecule has 0 aromatic carbocycles. The number of Topliss-reactive ketones (excluding diaryl/α,β-unsaturated/α-hetero) is 1. The summed E-state index contributed by atoms with van der Waals surface area (Å²) in [5, 5.41) is 16.7. The van der Waals surface area contributed by atoms with E-state index in [4.69, 9.17) is 29.7 Å². The maximum absolute atomic E-state index is 13.7. The molecule has 47 heavy (non-hydrogen) atoms. The first-order valence-electron chi connectivity index (χ1n) is 15.0. The van der Waals surface area contributed by atoms with Crippen LogP contribution in [0.15, 0.2) is 58.5 Å². The lowest BCUT2D eigenvalue weighted by Crippen LogP contribution is -2.38. The van der Waals surface area contributed by atoms with Crippen molar-refractivity contribution in [1.82, 2.24) is 10.6 Å². The van der Waals surface area contributed by atoms with Crippen molar-refractivity contribution in [3.63, 3.8) is 0 Å². The van der Waals surface area contributed by atoms with Crippen molar-refractivity contribution >= 4 is 31.4 Å². The van der Waals surface area contributed by atoms with E-state index in [1.165, 1.54) is 33.3 Å². The molecule has 0 aromatic heterocycles. The van der Waals surface area contributed by atoms with E-state index in [9.17, 15) is 28.8 Å². The second-order valence-electron chi connectivity index (χ2n) is 11.5. The molecule has 1 aliphatic heterocycles. The van der Waals surface area contributed by atoms with E-state index in [2.05, 4.69) is 15.2 Å². The van der Waals surface area contributed by atoms with Crippen molar-refractivity contribution in [3.8, 4) is 0 Å². The molecule has 0 aromatic rings. The number of aliphatic hydroxyl groups excluding tert-OH is 1. The molecule has 15 nitrogen and oxygen atoms in total. The maximum atomic E-state index is 13.7. The van der Waals surface area contributed by atoms with Gasteiger partial charge in [0.1, 0.15) is 6.10 Å². The highest BCUT2D eigenvalue weighted by Crippen LogP contribution is 2.35. The number of rotatable bonds is 9. The van der Waals surface area contributed by atoms with Gasteiger partial charge in [0.15, 0.2) is 6.10 Å². The third kappa shape index (κ3) is 12.3. The van der Waals surface area contributed by atoms with Crippen molar-refractivity contribution in [1.29, 1.82) is 0 Å². The molecular weight excluding hydrogens is 637 g/mol. The smallest absolute Gasteiger partial charge is 0.439 e. The van der Waals surface area contributed by atoms with E-state index in [0.717, 1.165) is 6.08 Å². The van der Waals surface area contributed by atoms with Crippen molar-refractivity contribution in [2.24, 2.45) is 17.6 Å². The van der Waals surface area contributed by atoms with Crippen molar-refractivity contribution in [2.45, 2.75) is 71.4 Å². The Balaban J connectivity index is 2.54. The number of phosphoric ester groups is 1. The standard InChI is InChI=1S/C31H46N3O12P/c1-17-13-21-26(33-11-8-12-45-47(40,41)42)23(35)16-22(28(21)37)34-30(38)18(2)9-7-10-24(43-5)29(46-31(32)39)20(4)15-19(3)27(36)25(14-17)44-6/h7,9-10,15-17,19,24-25,27,29,33,36H,8,11-14H2,1-6H3,(H2,32,39)(H,34,38)(H2,40,41,42)/b10-7-,18-9+,20-15+/t17-,19+,24+,25+,27-,29+/m1/s1. The third-order valence-corrected chi connectivity index (χ3v) is 8.19. The summed E-state index contributed by atoms with van der Waals surface area (Å²) in [5.74, 6) is -2.64. The molecule has 1 heterocycles. The normalized spacial score (nSPS) is 30.0. The van der Waals surface area contributed by atoms with Crippen LogP contribution in [0.4, 0.5) is 4.79 Å². The maximum Gasteiger partial charge on any atom is 0.469 e. The number of hydrogen-bond donors (Lipinski definition) is 6. The van der Waals surface area contributed by atoms with Gasteiger partial charge in [0.05, 0.1) is 30.2 Å². The molecule has 262 valence electrons. The average molecular weight is 684 g/mol. The van der Waals surface area contributed by atoms with Crippen LogP contribution in [0.1, 0.15) is 47.0 Å². The Morgan fingerprint density at radius 3 is 2.43 bits per heavy atom. The Morgan fingerprint density at radius 1 is 1.15 bits per heavy atom. The molecular formula is C31H46N3O12P. The zero-order valence-electron chi connectivity index (χ0n) is 27.4. The van der Waals surface area contributed by atoms with Crippen LogP contribution in [0.2, 0.25) is 0 Å². The number of carbonyl (C=O) groups excluding carboxylic acids is 4. The molecule has 0 saturated carbocycles. The summed E-state index contributed by atoms with van der Waals surface area (Å²) < 4.78 is 31.9. The number of amides is 2. The van der Waals surface area contributed by atoms with Gasteiger partial charge in [0.2, 0.25) is 11.6 Å². The topological polar surface area (TPSA) is 233 Å². The molecule has 2 bridgehead atoms. The number of aliphatic hydroxyl groups is 1. The number of carbonyl (C=O) groups is 4. The number of methoxy groups -OCH3 is 2. The quantitative estimate of drug-likeness (QED) is 0.0883. The van der Waals surface area contributed by atoms with Crippen LogP contribution in [0.25, 0.3) is 0 Å². The number of phosphoric acid groups is 1. The second kappa shape index (κ2) is 18.2. The Bertz CT molecular complexity index is 1380. The van der Waals surface area contributed by atoms with Crippen LogP contribution in [0.5, 0.6) is 0 Å². The summed E-state index contributed by atoms with van der Waals surface area (Å²) in [6.07, 6.45) is 3.14. The second-order valence-corrected chi connectivity index (χ2v) is 12.8. The summed E-state index contributed by atoms with van der Waals surface area (Å²) >= 11 is 0. The average Bonchev–Trinajstić information content (AvgIpc) is 2.98. The fraction of sp³-hybridized carbons (Fsp3) is 0.548. The minimum absolute atomic E-state index is 0.00957. The summed E-state index contributed by atoms with van der Waals surface area (Å²) in [5.41, 5.74) is 5.92. The molecule has 16 heteroatoms. The van der Waals surface area contributed by atoms with Crippen LogP contribution >= 0.6 is 7.82 Å². The van der Waals surface area contributed by atoms with Gasteiger partial charge in [-0.3, -0.25) is 18.9 Å². The first kappa shape index (κ1) is 39.7. The molecule has 2 aliphatic rings. The van der Waals surface area contributed by atoms with Gasteiger partial charge in [-0.25, -0.2) is 9.36 Å². The Kier molecular flexibility index (Phi) is 15.4. The molecule has 7 N–H and O–H groups in total. The van der Waals surface area contributed by atoms with Gasteiger partial charge in [0.25, 0.3) is 5.91 Å². The number of ketones is 2. The van der Waals surface area contributed by atoms with Crippen molar-refractivity contribution in [2.75, 3.05) is 27.4 Å². The lowest BCUT2D eigenvalue weighted by molar-refractivity contribution is -0.120. The van der Waals surface area contributed by atoms with Crippen molar-refractivity contribution in [3.05, 3.63) is 58.5 Å². The number of nitrogens with one attached hydrogen (secondary N) is 2. The van der Waals surface area contributed by atoms with E-state index < -0.39 is 61.7 Å². The molecule has 0 fully saturated rings. The highest BCUT2D eigenvalue weighted by Gasteiger charge is 2.33. The Morgan fingerprint density at radius 2 is 1.83 bits per heavy atom. The van der Waals surface area contributed by atoms with E-state index in [1.807, 2.05) is 6.92 Å². The van der Waals surface area contributed by atoms with E-state index >= 15 is 0 Å². The zero-order chi connectivity index (χ0) is 35.5. The monoisotopic (exact) mass is 683 g/mol. The van der Waals surface area contributed by atoms with Crippen LogP contribution in [0.3, 0.4) is 0 Å². The van der Waals surface area contributed by atoms with Gasteiger partial charge in [-0.1, -0.05) is 38.2 Å². The first-order chi connectivity index (χ1) is 22.0. The largest absolute Gasteiger partial charge is 0.469 e. The van der Waals surface area contributed by atoms with E-state index in [1.54, 1.807) is 26.0 Å². The molecule has 2 rings (SSSR count). The minimum Gasteiger partial charge on any atom is -0.439 e. The number of fused-ring (bicyclic) bond motifs is 2. The molecule has 2 amide bonds. The predicted molar refractivity (Wildman–Crippen MR) is 170 cm³/mol. The molecule has 0 saturated heterocycles. The zero-order valence-corrected chi connectivity index (χ0v) is 28.3. The Labute approximate surface area is 274 Å². The van der Waals surface area contributed by atoms with Gasteiger partial charge in [-0.05, 0) is 44.6 Å². The summed E-state index contributed by atoms with van der Waals surface area (Å²) in [6.45, 7) is 6.54. The number of nitrogens with two attached hydrogens (primary N) is 1. The Hall–Kier alpha value is -3.43. The van der Waals surface area contributed by atoms with Crippen LogP contribution in [0, 0.1) is 11.8 Å². The number of hydrogen-bond acceptors (Lipinski definition) is 11. The van der Waals surface area contributed by atoms with Gasteiger partial charge in [-0.15, -0.1) is 0 Å². The molecule has 0 radical (unpaired) electrons. The van der Waals surface area contributed by atoms with E-state index in [0.29, 0.717) is 5.57 Å². The lowest BCUT2D eigenvalue weighted by atomic mass is 9.85. The van der Waals surface area contributed by atoms with Gasteiger partial charge in [-0.2, -0.15) is 0 Å². The number of ether oxygens (including phenoxy) is 3. The lowest BCUT2D eigenvalue weighted by Gasteiger charge is -2.30. The fourth-order valence-electron chi connectivity index (χ4n) is 5.25. The highest BCUT2D eigenvalue weighted by molar-refractivity contribution is 7.46. The third-order valence-electron chi connectivity index (χ3n) is 7.68. The molecule has 0 spiro atoms. The molecule has 0 unspecified atom stereocenters. The van der Waals surface area contributed by atoms with Crippen LogP contribution in [-0.2, 0) is 37.7 Å². The molecule has 6 atom stereocenters.